The van der Waals surface area contributed by atoms with Crippen molar-refractivity contribution in [2.45, 2.75) is 38.6 Å². The molecule has 1 aliphatic heterocycles. The molecule has 1 unspecified atom stereocenters. The van der Waals surface area contributed by atoms with Crippen molar-refractivity contribution in [2.75, 3.05) is 32.1 Å². The van der Waals surface area contributed by atoms with E-state index in [2.05, 4.69) is 33.5 Å². The van der Waals surface area contributed by atoms with E-state index < -0.39 is 0 Å². The molecule has 1 aliphatic rings. The minimum Gasteiger partial charge on any atom is -0.497 e. The number of amides is 1. The van der Waals surface area contributed by atoms with E-state index in [-0.39, 0.29) is 11.9 Å². The Morgan fingerprint density at radius 1 is 1.16 bits per heavy atom. The second kappa shape index (κ2) is 9.43. The molecular formula is C25H31N3O3. The zero-order chi connectivity index (χ0) is 21.8. The van der Waals surface area contributed by atoms with Gasteiger partial charge in [-0.3, -0.25) is 9.69 Å². The molecule has 1 saturated heterocycles. The molecule has 6 heteroatoms. The fourth-order valence-corrected chi connectivity index (χ4v) is 4.40. The van der Waals surface area contributed by atoms with Gasteiger partial charge in [-0.2, -0.15) is 0 Å². The van der Waals surface area contributed by atoms with Crippen LogP contribution in [0.25, 0.3) is 10.9 Å². The number of carbonyl (C=O) groups excluding carboxylic acids is 1. The number of ether oxygens (including phenoxy) is 2. The number of aromatic nitrogens is 1. The minimum absolute atomic E-state index is 0.0273. The molecule has 31 heavy (non-hydrogen) atoms. The molecule has 3 aromatic rings. The molecule has 164 valence electrons. The maximum absolute atomic E-state index is 12.8. The molecule has 1 aromatic heterocycles. The number of hydrogen-bond acceptors (Lipinski definition) is 4. The molecule has 1 atom stereocenters. The Kier molecular flexibility index (Phi) is 6.47. The number of methoxy groups -OCH3 is 1. The minimum atomic E-state index is -0.171. The number of benzene rings is 2. The number of H-pyrrole nitrogens is 1. The van der Waals surface area contributed by atoms with Gasteiger partial charge in [0.1, 0.15) is 11.5 Å². The average molecular weight is 422 g/mol. The number of likely N-dealkylation sites (tertiary alicyclic amines) is 1. The summed E-state index contributed by atoms with van der Waals surface area (Å²) in [5.74, 6) is 2.20. The number of aromatic amines is 1. The SMILES string of the molecule is CCOc1ccc(NC(=O)C(C)N2CCC(c3c[nH]c4ccc(OC)cc34)CC2)cc1. The largest absolute Gasteiger partial charge is 0.497 e. The van der Waals surface area contributed by atoms with E-state index in [9.17, 15) is 4.79 Å². The summed E-state index contributed by atoms with van der Waals surface area (Å²) < 4.78 is 10.9. The highest BCUT2D eigenvalue weighted by atomic mass is 16.5. The van der Waals surface area contributed by atoms with Crippen LogP contribution >= 0.6 is 0 Å². The van der Waals surface area contributed by atoms with Crippen LogP contribution in [0.2, 0.25) is 0 Å². The number of anilines is 1. The number of fused-ring (bicyclic) bond motifs is 1. The molecular weight excluding hydrogens is 390 g/mol. The fraction of sp³-hybridized carbons (Fsp3) is 0.400. The zero-order valence-electron chi connectivity index (χ0n) is 18.5. The van der Waals surface area contributed by atoms with Crippen LogP contribution in [0.5, 0.6) is 11.5 Å². The third-order valence-corrected chi connectivity index (χ3v) is 6.25. The first kappa shape index (κ1) is 21.2. The van der Waals surface area contributed by atoms with E-state index in [0.29, 0.717) is 12.5 Å². The van der Waals surface area contributed by atoms with Gasteiger partial charge in [-0.1, -0.05) is 0 Å². The van der Waals surface area contributed by atoms with Crippen LogP contribution in [0.15, 0.2) is 48.7 Å². The lowest BCUT2D eigenvalue weighted by Crippen LogP contribution is -2.45. The summed E-state index contributed by atoms with van der Waals surface area (Å²) in [6.45, 7) is 6.37. The molecule has 0 radical (unpaired) electrons. The Hall–Kier alpha value is -2.99. The monoisotopic (exact) mass is 421 g/mol. The molecule has 4 rings (SSSR count). The number of rotatable bonds is 7. The zero-order valence-corrected chi connectivity index (χ0v) is 18.5. The van der Waals surface area contributed by atoms with Crippen molar-refractivity contribution in [2.24, 2.45) is 0 Å². The fourth-order valence-electron chi connectivity index (χ4n) is 4.40. The first-order chi connectivity index (χ1) is 15.1. The molecule has 0 saturated carbocycles. The number of nitrogens with one attached hydrogen (secondary N) is 2. The molecule has 0 aliphatic carbocycles. The smallest absolute Gasteiger partial charge is 0.241 e. The van der Waals surface area contributed by atoms with Gasteiger partial charge in [0, 0.05) is 22.8 Å². The molecule has 0 spiro atoms. The molecule has 1 fully saturated rings. The predicted molar refractivity (Wildman–Crippen MR) is 124 cm³/mol. The van der Waals surface area contributed by atoms with Crippen LogP contribution in [-0.4, -0.2) is 48.6 Å². The predicted octanol–water partition coefficient (Wildman–Crippen LogP) is 4.78. The Labute approximate surface area is 183 Å². The van der Waals surface area contributed by atoms with Gasteiger partial charge in [0.25, 0.3) is 0 Å². The summed E-state index contributed by atoms with van der Waals surface area (Å²) in [5, 5.41) is 4.26. The van der Waals surface area contributed by atoms with Gasteiger partial charge in [0.15, 0.2) is 0 Å². The molecule has 6 nitrogen and oxygen atoms in total. The van der Waals surface area contributed by atoms with Crippen molar-refractivity contribution in [1.82, 2.24) is 9.88 Å². The lowest BCUT2D eigenvalue weighted by atomic mass is 9.88. The Morgan fingerprint density at radius 3 is 2.55 bits per heavy atom. The summed E-state index contributed by atoms with van der Waals surface area (Å²) in [6.07, 6.45) is 4.20. The molecule has 2 heterocycles. The van der Waals surface area contributed by atoms with Crippen LogP contribution in [0.1, 0.15) is 38.2 Å². The van der Waals surface area contributed by atoms with Crippen molar-refractivity contribution in [1.29, 1.82) is 0 Å². The second-order valence-corrected chi connectivity index (χ2v) is 8.09. The highest BCUT2D eigenvalue weighted by molar-refractivity contribution is 5.94. The third-order valence-electron chi connectivity index (χ3n) is 6.25. The number of carbonyl (C=O) groups is 1. The maximum Gasteiger partial charge on any atom is 0.241 e. The second-order valence-electron chi connectivity index (χ2n) is 8.09. The standard InChI is InChI=1S/C25H31N3O3/c1-4-31-20-7-5-19(6-8-20)27-25(29)17(2)28-13-11-18(12-14-28)23-16-26-24-10-9-21(30-3)15-22(23)24/h5-10,15-18,26H,4,11-14H2,1-3H3,(H,27,29). The highest BCUT2D eigenvalue weighted by Crippen LogP contribution is 2.35. The van der Waals surface area contributed by atoms with Crippen molar-refractivity contribution in [3.8, 4) is 11.5 Å². The summed E-state index contributed by atoms with van der Waals surface area (Å²) in [7, 11) is 1.70. The summed E-state index contributed by atoms with van der Waals surface area (Å²) in [6, 6.07) is 13.5. The van der Waals surface area contributed by atoms with Crippen LogP contribution < -0.4 is 14.8 Å². The van der Waals surface area contributed by atoms with Crippen LogP contribution in [0.3, 0.4) is 0 Å². The van der Waals surface area contributed by atoms with Crippen molar-refractivity contribution in [3.05, 3.63) is 54.2 Å². The quantitative estimate of drug-likeness (QED) is 0.576. The van der Waals surface area contributed by atoms with E-state index in [0.717, 1.165) is 48.6 Å². The van der Waals surface area contributed by atoms with Gasteiger partial charge < -0.3 is 19.8 Å². The lowest BCUT2D eigenvalue weighted by Gasteiger charge is -2.35. The third kappa shape index (κ3) is 4.69. The number of hydrogen-bond donors (Lipinski definition) is 2. The van der Waals surface area contributed by atoms with Crippen molar-refractivity contribution < 1.29 is 14.3 Å². The van der Waals surface area contributed by atoms with Gasteiger partial charge in [-0.25, -0.2) is 0 Å². The van der Waals surface area contributed by atoms with Crippen LogP contribution in [0.4, 0.5) is 5.69 Å². The number of nitrogens with zero attached hydrogens (tertiary/aromatic N) is 1. The molecule has 2 N–H and O–H groups in total. The van der Waals surface area contributed by atoms with Crippen molar-refractivity contribution >= 4 is 22.5 Å². The molecule has 2 aromatic carbocycles. The topological polar surface area (TPSA) is 66.6 Å². The van der Waals surface area contributed by atoms with E-state index >= 15 is 0 Å². The first-order valence-corrected chi connectivity index (χ1v) is 11.0. The van der Waals surface area contributed by atoms with Gasteiger partial charge in [-0.05, 0) is 93.7 Å². The van der Waals surface area contributed by atoms with Crippen LogP contribution in [-0.2, 0) is 4.79 Å². The summed E-state index contributed by atoms with van der Waals surface area (Å²) >= 11 is 0. The van der Waals surface area contributed by atoms with E-state index in [1.807, 2.05) is 44.2 Å². The van der Waals surface area contributed by atoms with Gasteiger partial charge >= 0.3 is 0 Å². The van der Waals surface area contributed by atoms with E-state index in [4.69, 9.17) is 9.47 Å². The lowest BCUT2D eigenvalue weighted by molar-refractivity contribution is -0.121. The van der Waals surface area contributed by atoms with Crippen molar-refractivity contribution in [3.63, 3.8) is 0 Å². The van der Waals surface area contributed by atoms with Gasteiger partial charge in [0.2, 0.25) is 5.91 Å². The van der Waals surface area contributed by atoms with Gasteiger partial charge in [-0.15, -0.1) is 0 Å². The van der Waals surface area contributed by atoms with Crippen LogP contribution in [0, 0.1) is 0 Å². The Bertz CT molecular complexity index is 1020. The summed E-state index contributed by atoms with van der Waals surface area (Å²) in [4.78, 5) is 18.4. The normalized spacial score (nSPS) is 16.2. The van der Waals surface area contributed by atoms with Gasteiger partial charge in [0.05, 0.1) is 19.8 Å². The maximum atomic E-state index is 12.8. The summed E-state index contributed by atoms with van der Waals surface area (Å²) in [5.41, 5.74) is 3.28. The van der Waals surface area contributed by atoms with E-state index in [1.165, 1.54) is 10.9 Å². The Balaban J connectivity index is 1.35. The first-order valence-electron chi connectivity index (χ1n) is 11.0. The number of piperidine rings is 1. The average Bonchev–Trinajstić information content (AvgIpc) is 3.23. The highest BCUT2D eigenvalue weighted by Gasteiger charge is 2.28. The molecule has 0 bridgehead atoms. The Morgan fingerprint density at radius 2 is 1.87 bits per heavy atom. The van der Waals surface area contributed by atoms with E-state index in [1.54, 1.807) is 7.11 Å². The molecule has 1 amide bonds.